The summed E-state index contributed by atoms with van der Waals surface area (Å²) in [5.41, 5.74) is 6.19. The molecular weight excluding hydrogens is 523 g/mol. The molecule has 0 aliphatic carbocycles. The number of nitrogens with one attached hydrogen (secondary N) is 1. The van der Waals surface area contributed by atoms with Crippen molar-refractivity contribution in [3.8, 4) is 28.7 Å². The second-order valence-electron chi connectivity index (χ2n) is 10.3. The molecule has 40 heavy (non-hydrogen) atoms. The number of esters is 1. The Morgan fingerprint density at radius 1 is 1.15 bits per heavy atom. The highest BCUT2D eigenvalue weighted by Crippen LogP contribution is 2.39. The molecule has 1 aromatic carbocycles. The normalized spacial score (nSPS) is 21.0. The maximum absolute atomic E-state index is 13.7. The van der Waals surface area contributed by atoms with Crippen molar-refractivity contribution in [3.63, 3.8) is 0 Å². The molecule has 3 N–H and O–H groups in total. The summed E-state index contributed by atoms with van der Waals surface area (Å²) >= 11 is 0. The Hall–Kier alpha value is -3.94. The van der Waals surface area contributed by atoms with E-state index in [0.29, 0.717) is 35.8 Å². The number of amides is 1. The Morgan fingerprint density at radius 3 is 2.42 bits per heavy atom. The first-order chi connectivity index (χ1) is 18.9. The summed E-state index contributed by atoms with van der Waals surface area (Å²) < 4.78 is 36.5. The first-order valence-electron chi connectivity index (χ1n) is 12.7. The van der Waals surface area contributed by atoms with E-state index in [0.717, 1.165) is 0 Å². The average molecular weight is 557 g/mol. The molecular formula is C27H33FN6O6. The van der Waals surface area contributed by atoms with Gasteiger partial charge in [-0.05, 0) is 65.2 Å². The van der Waals surface area contributed by atoms with Crippen LogP contribution in [0, 0.1) is 11.2 Å². The van der Waals surface area contributed by atoms with Gasteiger partial charge >= 0.3 is 17.8 Å². The third kappa shape index (κ3) is 6.11. The summed E-state index contributed by atoms with van der Waals surface area (Å²) in [7, 11) is 3.84. The average Bonchev–Trinajstić information content (AvgIpc) is 3.35. The van der Waals surface area contributed by atoms with Crippen molar-refractivity contribution in [2.24, 2.45) is 11.1 Å². The highest BCUT2D eigenvalue weighted by Gasteiger charge is 2.54. The maximum Gasteiger partial charge on any atom is 0.316 e. The van der Waals surface area contributed by atoms with Gasteiger partial charge in [0.25, 0.3) is 5.91 Å². The van der Waals surface area contributed by atoms with Crippen molar-refractivity contribution in [2.45, 2.75) is 32.7 Å². The fraction of sp³-hybridized carbons (Fsp3) is 0.444. The van der Waals surface area contributed by atoms with Crippen molar-refractivity contribution in [2.75, 3.05) is 40.5 Å². The van der Waals surface area contributed by atoms with E-state index >= 15 is 0 Å². The van der Waals surface area contributed by atoms with E-state index in [1.807, 2.05) is 19.0 Å². The van der Waals surface area contributed by atoms with Crippen LogP contribution >= 0.6 is 0 Å². The minimum atomic E-state index is -2.14. The Balaban J connectivity index is 1.74. The molecule has 0 radical (unpaired) electrons. The lowest BCUT2D eigenvalue weighted by molar-refractivity contribution is -0.294. The molecule has 0 saturated carbocycles. The minimum Gasteiger partial charge on any atom is -0.462 e. The SMILES string of the molecule is CC(C)OC(=O)C1(C)COC(C(N)=O)(c2nc(-c3ccc(F)cc3)c(-c3ccnc(OCCN(C)C)n3)[nH]2)OC1. The topological polar surface area (TPSA) is 155 Å². The lowest BCUT2D eigenvalue weighted by Crippen LogP contribution is -2.56. The van der Waals surface area contributed by atoms with Crippen molar-refractivity contribution < 1.29 is 32.9 Å². The number of rotatable bonds is 10. The number of benzene rings is 1. The second-order valence-corrected chi connectivity index (χ2v) is 10.3. The van der Waals surface area contributed by atoms with Crippen LogP contribution in [0.1, 0.15) is 26.6 Å². The number of primary amides is 1. The largest absolute Gasteiger partial charge is 0.462 e. The van der Waals surface area contributed by atoms with Gasteiger partial charge in [0.15, 0.2) is 5.82 Å². The van der Waals surface area contributed by atoms with Gasteiger partial charge in [0.2, 0.25) is 0 Å². The van der Waals surface area contributed by atoms with Crippen LogP contribution in [0.15, 0.2) is 36.5 Å². The van der Waals surface area contributed by atoms with Crippen LogP contribution in [0.25, 0.3) is 22.6 Å². The fourth-order valence-corrected chi connectivity index (χ4v) is 3.88. The zero-order valence-electron chi connectivity index (χ0n) is 23.1. The molecule has 1 amide bonds. The summed E-state index contributed by atoms with van der Waals surface area (Å²) in [5.74, 6) is -4.14. The van der Waals surface area contributed by atoms with Crippen LogP contribution in [0.3, 0.4) is 0 Å². The van der Waals surface area contributed by atoms with Crippen LogP contribution in [-0.4, -0.2) is 83.3 Å². The number of halogens is 1. The molecule has 4 rings (SSSR count). The molecule has 0 unspecified atom stereocenters. The predicted molar refractivity (Wildman–Crippen MR) is 141 cm³/mol. The lowest BCUT2D eigenvalue weighted by atomic mass is 9.91. The quantitative estimate of drug-likeness (QED) is 0.355. The summed E-state index contributed by atoms with van der Waals surface area (Å²) in [4.78, 5) is 43.7. The maximum atomic E-state index is 13.7. The Labute approximate surface area is 231 Å². The zero-order chi connectivity index (χ0) is 29.1. The van der Waals surface area contributed by atoms with Crippen molar-refractivity contribution in [1.29, 1.82) is 0 Å². The van der Waals surface area contributed by atoms with Crippen LogP contribution < -0.4 is 10.5 Å². The molecule has 3 heterocycles. The van der Waals surface area contributed by atoms with Crippen molar-refractivity contribution >= 4 is 11.9 Å². The molecule has 0 atom stereocenters. The first-order valence-corrected chi connectivity index (χ1v) is 12.7. The number of carbonyl (C=O) groups is 2. The van der Waals surface area contributed by atoms with Gasteiger partial charge in [-0.1, -0.05) is 0 Å². The summed E-state index contributed by atoms with van der Waals surface area (Å²) in [6.07, 6.45) is 1.17. The van der Waals surface area contributed by atoms with Crippen LogP contribution in [0.5, 0.6) is 6.01 Å². The van der Waals surface area contributed by atoms with E-state index in [1.54, 1.807) is 26.8 Å². The number of nitrogens with zero attached hydrogens (tertiary/aromatic N) is 4. The van der Waals surface area contributed by atoms with Crippen LogP contribution in [0.4, 0.5) is 4.39 Å². The standard InChI is InChI=1S/C27H33FN6O6/c1-16(2)40-24(36)26(3)14-38-27(22(29)35,39-15-26)23-32-20(17-6-8-18(28)9-7-17)21(33-23)19-10-11-30-25(31-19)37-13-12-34(4)5/h6-11,16H,12-15H2,1-5H3,(H2,29,35)(H,32,33). The molecule has 3 aromatic rings. The molecule has 1 saturated heterocycles. The fourth-order valence-electron chi connectivity index (χ4n) is 3.88. The molecule has 214 valence electrons. The van der Waals surface area contributed by atoms with E-state index in [4.69, 9.17) is 24.7 Å². The van der Waals surface area contributed by atoms with Gasteiger partial charge in [0.05, 0.1) is 36.4 Å². The van der Waals surface area contributed by atoms with E-state index in [2.05, 4.69) is 19.9 Å². The highest BCUT2D eigenvalue weighted by molar-refractivity contribution is 5.85. The third-order valence-corrected chi connectivity index (χ3v) is 6.14. The number of nitrogens with two attached hydrogens (primary N) is 1. The molecule has 0 spiro atoms. The number of imidazole rings is 1. The number of H-pyrrole nitrogens is 1. The smallest absolute Gasteiger partial charge is 0.316 e. The summed E-state index contributed by atoms with van der Waals surface area (Å²) in [5, 5.41) is 0. The number of hydrogen-bond donors (Lipinski definition) is 2. The molecule has 12 nitrogen and oxygen atoms in total. The van der Waals surface area contributed by atoms with Gasteiger partial charge in [-0.3, -0.25) is 9.59 Å². The van der Waals surface area contributed by atoms with Gasteiger partial charge in [-0.25, -0.2) is 14.4 Å². The van der Waals surface area contributed by atoms with E-state index in [1.165, 1.54) is 30.5 Å². The van der Waals surface area contributed by atoms with E-state index in [-0.39, 0.29) is 31.2 Å². The summed E-state index contributed by atoms with van der Waals surface area (Å²) in [6, 6.07) is 7.40. The zero-order valence-corrected chi connectivity index (χ0v) is 23.1. The van der Waals surface area contributed by atoms with Gasteiger partial charge in [-0.2, -0.15) is 4.98 Å². The molecule has 2 aromatic heterocycles. The van der Waals surface area contributed by atoms with Gasteiger partial charge in [0, 0.05) is 18.3 Å². The number of likely N-dealkylation sites (N-methyl/N-ethyl adjacent to an activating group) is 1. The minimum absolute atomic E-state index is 0.0673. The Bertz CT molecular complexity index is 1350. The number of ether oxygens (including phenoxy) is 4. The van der Waals surface area contributed by atoms with E-state index in [9.17, 15) is 14.0 Å². The number of aromatic nitrogens is 4. The Morgan fingerprint density at radius 2 is 1.82 bits per heavy atom. The molecule has 1 fully saturated rings. The highest BCUT2D eigenvalue weighted by atomic mass is 19.1. The lowest BCUT2D eigenvalue weighted by Gasteiger charge is -2.40. The predicted octanol–water partition coefficient (Wildman–Crippen LogP) is 2.26. The number of aromatic amines is 1. The number of carbonyl (C=O) groups excluding carboxylic acids is 2. The van der Waals surface area contributed by atoms with Gasteiger partial charge in [0.1, 0.15) is 17.8 Å². The monoisotopic (exact) mass is 556 g/mol. The molecule has 13 heteroatoms. The molecule has 1 aliphatic heterocycles. The molecule has 0 bridgehead atoms. The second kappa shape index (κ2) is 11.7. The van der Waals surface area contributed by atoms with Crippen molar-refractivity contribution in [1.82, 2.24) is 24.8 Å². The van der Waals surface area contributed by atoms with Crippen molar-refractivity contribution in [3.05, 3.63) is 48.2 Å². The van der Waals surface area contributed by atoms with E-state index < -0.39 is 28.9 Å². The van der Waals surface area contributed by atoms with Gasteiger partial charge in [-0.15, -0.1) is 0 Å². The third-order valence-electron chi connectivity index (χ3n) is 6.14. The van der Waals surface area contributed by atoms with Crippen LogP contribution in [0.2, 0.25) is 0 Å². The first kappa shape index (κ1) is 29.1. The molecule has 1 aliphatic rings. The van der Waals surface area contributed by atoms with Gasteiger partial charge < -0.3 is 34.6 Å². The Kier molecular flexibility index (Phi) is 8.47. The van der Waals surface area contributed by atoms with Crippen LogP contribution in [-0.2, 0) is 29.6 Å². The summed E-state index contributed by atoms with van der Waals surface area (Å²) in [6.45, 7) is 5.64. The number of hydrogen-bond acceptors (Lipinski definition) is 10.